The molecule has 0 aromatic rings. The lowest BCUT2D eigenvalue weighted by atomic mass is 9.72. The average molecular weight is 246 g/mol. The fraction of sp³-hybridized carbons (Fsp3) is 1.00. The van der Waals surface area contributed by atoms with Gasteiger partial charge < -0.3 is 5.32 Å². The molecule has 2 saturated heterocycles. The molecule has 16 heavy (non-hydrogen) atoms. The first-order valence-corrected chi connectivity index (χ1v) is 7.87. The molecule has 0 radical (unpaired) electrons. The molecule has 5 heteroatoms. The molecule has 1 N–H and O–H groups in total. The van der Waals surface area contributed by atoms with Crippen LogP contribution in [0.4, 0.5) is 0 Å². The third kappa shape index (κ3) is 2.41. The molecule has 0 aromatic heterocycles. The van der Waals surface area contributed by atoms with Crippen molar-refractivity contribution in [2.75, 3.05) is 31.9 Å². The molecular weight excluding hydrogens is 224 g/mol. The molecule has 2 fully saturated rings. The zero-order valence-corrected chi connectivity index (χ0v) is 10.9. The first kappa shape index (κ1) is 12.3. The second kappa shape index (κ2) is 4.63. The summed E-state index contributed by atoms with van der Waals surface area (Å²) in [5.74, 6) is 0.238. The topological polar surface area (TPSA) is 49.4 Å². The van der Waals surface area contributed by atoms with E-state index in [0.29, 0.717) is 5.41 Å². The molecule has 0 unspecified atom stereocenters. The van der Waals surface area contributed by atoms with E-state index >= 15 is 0 Å². The van der Waals surface area contributed by atoms with Crippen molar-refractivity contribution in [3.05, 3.63) is 0 Å². The van der Waals surface area contributed by atoms with Crippen LogP contribution >= 0.6 is 0 Å². The Morgan fingerprint density at radius 2 is 1.69 bits per heavy atom. The predicted molar refractivity (Wildman–Crippen MR) is 64.8 cm³/mol. The van der Waals surface area contributed by atoms with Crippen molar-refractivity contribution in [1.29, 1.82) is 0 Å². The molecule has 0 aliphatic carbocycles. The standard InChI is InChI=1S/C11H22N2O2S/c1-2-16(14,15)13-9-5-11(6-10-13)3-7-12-8-4-11/h12H,2-10H2,1H3. The van der Waals surface area contributed by atoms with Crippen LogP contribution in [0.2, 0.25) is 0 Å². The number of rotatable bonds is 2. The third-order valence-electron chi connectivity index (χ3n) is 4.21. The predicted octanol–water partition coefficient (Wildman–Crippen LogP) is 0.802. The highest BCUT2D eigenvalue weighted by molar-refractivity contribution is 7.89. The van der Waals surface area contributed by atoms with Crippen LogP contribution < -0.4 is 5.32 Å². The summed E-state index contributed by atoms with van der Waals surface area (Å²) in [4.78, 5) is 0. The summed E-state index contributed by atoms with van der Waals surface area (Å²) < 4.78 is 25.2. The first-order valence-electron chi connectivity index (χ1n) is 6.27. The van der Waals surface area contributed by atoms with Gasteiger partial charge >= 0.3 is 0 Å². The zero-order chi connectivity index (χ0) is 11.6. The highest BCUT2D eigenvalue weighted by Crippen LogP contribution is 2.39. The van der Waals surface area contributed by atoms with Crippen LogP contribution in [0.3, 0.4) is 0 Å². The molecule has 0 atom stereocenters. The largest absolute Gasteiger partial charge is 0.317 e. The van der Waals surface area contributed by atoms with Crippen LogP contribution in [0.1, 0.15) is 32.6 Å². The van der Waals surface area contributed by atoms with Gasteiger partial charge in [0.2, 0.25) is 10.0 Å². The van der Waals surface area contributed by atoms with Gasteiger partial charge in [-0.25, -0.2) is 12.7 Å². The smallest absolute Gasteiger partial charge is 0.213 e. The van der Waals surface area contributed by atoms with Crippen molar-refractivity contribution >= 4 is 10.0 Å². The Morgan fingerprint density at radius 1 is 1.12 bits per heavy atom. The van der Waals surface area contributed by atoms with Gasteiger partial charge in [-0.2, -0.15) is 0 Å². The average Bonchev–Trinajstić information content (AvgIpc) is 2.31. The quantitative estimate of drug-likeness (QED) is 0.784. The van der Waals surface area contributed by atoms with Crippen LogP contribution in [0.15, 0.2) is 0 Å². The number of nitrogens with one attached hydrogen (secondary N) is 1. The van der Waals surface area contributed by atoms with Crippen LogP contribution in [-0.2, 0) is 10.0 Å². The van der Waals surface area contributed by atoms with Gasteiger partial charge in [-0.1, -0.05) is 0 Å². The van der Waals surface area contributed by atoms with Crippen molar-refractivity contribution in [3.8, 4) is 0 Å². The van der Waals surface area contributed by atoms with Crippen molar-refractivity contribution in [3.63, 3.8) is 0 Å². The van der Waals surface area contributed by atoms with Crippen LogP contribution in [0.25, 0.3) is 0 Å². The maximum atomic E-state index is 11.7. The van der Waals surface area contributed by atoms with Gasteiger partial charge in [0.25, 0.3) is 0 Å². The summed E-state index contributed by atoms with van der Waals surface area (Å²) in [6.45, 7) is 5.39. The number of sulfonamides is 1. The van der Waals surface area contributed by atoms with Gasteiger partial charge in [-0.3, -0.25) is 0 Å². The summed E-state index contributed by atoms with van der Waals surface area (Å²) in [7, 11) is -2.96. The second-order valence-electron chi connectivity index (χ2n) is 5.05. The van der Waals surface area contributed by atoms with E-state index in [1.807, 2.05) is 0 Å². The second-order valence-corrected chi connectivity index (χ2v) is 7.31. The Balaban J connectivity index is 1.96. The molecule has 0 amide bonds. The van der Waals surface area contributed by atoms with E-state index in [1.54, 1.807) is 11.2 Å². The van der Waals surface area contributed by atoms with Crippen LogP contribution in [0, 0.1) is 5.41 Å². The van der Waals surface area contributed by atoms with Gasteiger partial charge in [0, 0.05) is 13.1 Å². The van der Waals surface area contributed by atoms with E-state index in [4.69, 9.17) is 0 Å². The number of hydrogen-bond acceptors (Lipinski definition) is 3. The number of piperidine rings is 2. The highest BCUT2D eigenvalue weighted by atomic mass is 32.2. The van der Waals surface area contributed by atoms with E-state index in [-0.39, 0.29) is 5.75 Å². The summed E-state index contributed by atoms with van der Waals surface area (Å²) in [5.41, 5.74) is 0.436. The fourth-order valence-electron chi connectivity index (χ4n) is 2.88. The van der Waals surface area contributed by atoms with E-state index in [0.717, 1.165) is 39.0 Å². The van der Waals surface area contributed by atoms with Crippen molar-refractivity contribution in [2.24, 2.45) is 5.41 Å². The molecule has 2 heterocycles. The molecule has 0 bridgehead atoms. The van der Waals surface area contributed by atoms with Gasteiger partial charge in [0.1, 0.15) is 0 Å². The Bertz CT molecular complexity index is 324. The number of nitrogens with zero attached hydrogens (tertiary/aromatic N) is 1. The van der Waals surface area contributed by atoms with Gasteiger partial charge in [-0.05, 0) is 51.1 Å². The molecule has 1 spiro atoms. The van der Waals surface area contributed by atoms with Gasteiger partial charge in [-0.15, -0.1) is 0 Å². The van der Waals surface area contributed by atoms with Crippen LogP contribution in [0.5, 0.6) is 0 Å². The maximum absolute atomic E-state index is 11.7. The van der Waals surface area contributed by atoms with Gasteiger partial charge in [0.05, 0.1) is 5.75 Å². The summed E-state index contributed by atoms with van der Waals surface area (Å²) in [5, 5.41) is 3.38. The minimum atomic E-state index is -2.96. The molecule has 0 saturated carbocycles. The van der Waals surface area contributed by atoms with Gasteiger partial charge in [0.15, 0.2) is 0 Å². The lowest BCUT2D eigenvalue weighted by Gasteiger charge is -2.43. The Hall–Kier alpha value is -0.130. The highest BCUT2D eigenvalue weighted by Gasteiger charge is 2.37. The Morgan fingerprint density at radius 3 is 2.19 bits per heavy atom. The summed E-state index contributed by atoms with van der Waals surface area (Å²) in [6, 6.07) is 0. The summed E-state index contributed by atoms with van der Waals surface area (Å²) >= 11 is 0. The Labute approximate surface area is 98.4 Å². The normalized spacial score (nSPS) is 27.1. The monoisotopic (exact) mass is 246 g/mol. The molecule has 4 nitrogen and oxygen atoms in total. The number of hydrogen-bond donors (Lipinski definition) is 1. The lowest BCUT2D eigenvalue weighted by Crippen LogP contribution is -2.47. The molecule has 0 aromatic carbocycles. The lowest BCUT2D eigenvalue weighted by molar-refractivity contribution is 0.111. The molecule has 2 rings (SSSR count). The SMILES string of the molecule is CCS(=O)(=O)N1CCC2(CCNCC2)CC1. The van der Waals surface area contributed by atoms with E-state index in [2.05, 4.69) is 5.32 Å². The molecule has 2 aliphatic rings. The van der Waals surface area contributed by atoms with E-state index in [9.17, 15) is 8.42 Å². The first-order chi connectivity index (χ1) is 7.58. The molecule has 2 aliphatic heterocycles. The van der Waals surface area contributed by atoms with E-state index in [1.165, 1.54) is 12.8 Å². The molecule has 94 valence electrons. The minimum Gasteiger partial charge on any atom is -0.317 e. The van der Waals surface area contributed by atoms with Crippen molar-refractivity contribution < 1.29 is 8.42 Å². The zero-order valence-electron chi connectivity index (χ0n) is 10.0. The third-order valence-corrected chi connectivity index (χ3v) is 6.09. The van der Waals surface area contributed by atoms with Crippen LogP contribution in [-0.4, -0.2) is 44.7 Å². The van der Waals surface area contributed by atoms with Crippen molar-refractivity contribution in [1.82, 2.24) is 9.62 Å². The molecular formula is C11H22N2O2S. The summed E-state index contributed by atoms with van der Waals surface area (Å²) in [6.07, 6.45) is 4.53. The maximum Gasteiger partial charge on any atom is 0.213 e. The Kier molecular flexibility index (Phi) is 3.56. The fourth-order valence-corrected chi connectivity index (χ4v) is 3.98. The van der Waals surface area contributed by atoms with E-state index < -0.39 is 10.0 Å². The van der Waals surface area contributed by atoms with Crippen molar-refractivity contribution in [2.45, 2.75) is 32.6 Å². The minimum absolute atomic E-state index is 0.238.